The van der Waals surface area contributed by atoms with Crippen LogP contribution in [0.4, 0.5) is 11.5 Å². The summed E-state index contributed by atoms with van der Waals surface area (Å²) in [5, 5.41) is 3.49. The van der Waals surface area contributed by atoms with Crippen LogP contribution in [0, 0.1) is 0 Å². The summed E-state index contributed by atoms with van der Waals surface area (Å²) in [5.41, 5.74) is 3.04. The largest absolute Gasteiger partial charge is 0.321 e. The molecule has 0 aliphatic heterocycles. The molecule has 1 heterocycles. The van der Waals surface area contributed by atoms with Crippen LogP contribution in [-0.4, -0.2) is 10.9 Å². The number of nitrogen functional groups attached to an aromatic ring is 1. The first-order chi connectivity index (χ1) is 9.10. The van der Waals surface area contributed by atoms with Crippen LogP contribution in [0.1, 0.15) is 10.5 Å². The van der Waals surface area contributed by atoms with Gasteiger partial charge in [-0.2, -0.15) is 0 Å². The second-order valence-corrected chi connectivity index (χ2v) is 4.48. The van der Waals surface area contributed by atoms with E-state index in [-0.39, 0.29) is 10.7 Å². The summed E-state index contributed by atoms with van der Waals surface area (Å²) in [6.45, 7) is 0. The molecule has 98 valence electrons. The Morgan fingerprint density at radius 1 is 1.11 bits per heavy atom. The molecule has 0 saturated heterocycles. The lowest BCUT2D eigenvalue weighted by Crippen LogP contribution is -2.16. The lowest BCUT2D eigenvalue weighted by molar-refractivity contribution is 0.102. The molecule has 0 aliphatic rings. The molecule has 1 aromatic heterocycles. The maximum Gasteiger partial charge on any atom is 0.275 e. The Hall–Kier alpha value is -1.82. The zero-order valence-corrected chi connectivity index (χ0v) is 11.2. The number of rotatable bonds is 3. The van der Waals surface area contributed by atoms with E-state index >= 15 is 0 Å². The van der Waals surface area contributed by atoms with Gasteiger partial charge in [0.15, 0.2) is 0 Å². The summed E-state index contributed by atoms with van der Waals surface area (Å²) in [5.74, 6) is 5.16. The Morgan fingerprint density at radius 2 is 1.79 bits per heavy atom. The predicted molar refractivity (Wildman–Crippen MR) is 76.5 cm³/mol. The van der Waals surface area contributed by atoms with E-state index < -0.39 is 5.91 Å². The third-order valence-electron chi connectivity index (χ3n) is 2.31. The molecule has 7 heteroatoms. The number of pyridine rings is 1. The molecule has 0 unspecified atom stereocenters. The summed E-state index contributed by atoms with van der Waals surface area (Å²) < 4.78 is 0. The van der Waals surface area contributed by atoms with E-state index in [1.807, 2.05) is 0 Å². The van der Waals surface area contributed by atoms with Gasteiger partial charge in [-0.05, 0) is 36.4 Å². The zero-order valence-electron chi connectivity index (χ0n) is 9.65. The fraction of sp³-hybridized carbons (Fsp3) is 0. The summed E-state index contributed by atoms with van der Waals surface area (Å²) in [4.78, 5) is 16.0. The minimum atomic E-state index is -0.426. The number of halogens is 2. The van der Waals surface area contributed by atoms with E-state index in [2.05, 4.69) is 15.7 Å². The first-order valence-corrected chi connectivity index (χ1v) is 6.06. The third-order valence-corrected chi connectivity index (χ3v) is 2.87. The molecule has 5 nitrogen and oxygen atoms in total. The van der Waals surface area contributed by atoms with Crippen molar-refractivity contribution < 1.29 is 4.79 Å². The number of nitrogens with two attached hydrogens (primary N) is 1. The maximum atomic E-state index is 12.0. The van der Waals surface area contributed by atoms with E-state index in [9.17, 15) is 4.79 Å². The lowest BCUT2D eigenvalue weighted by atomic mass is 10.3. The molecule has 0 aliphatic carbocycles. The first-order valence-electron chi connectivity index (χ1n) is 5.30. The van der Waals surface area contributed by atoms with Gasteiger partial charge in [0.2, 0.25) is 0 Å². The van der Waals surface area contributed by atoms with Crippen molar-refractivity contribution in [2.45, 2.75) is 0 Å². The number of nitrogens with one attached hydrogen (secondary N) is 2. The fourth-order valence-corrected chi connectivity index (χ4v) is 1.72. The van der Waals surface area contributed by atoms with Crippen LogP contribution >= 0.6 is 23.2 Å². The monoisotopic (exact) mass is 296 g/mol. The molecule has 0 radical (unpaired) electrons. The van der Waals surface area contributed by atoms with Crippen LogP contribution < -0.4 is 16.6 Å². The number of benzene rings is 1. The number of hydrogen-bond donors (Lipinski definition) is 3. The van der Waals surface area contributed by atoms with Gasteiger partial charge in [-0.3, -0.25) is 4.79 Å². The third kappa shape index (κ3) is 3.35. The highest BCUT2D eigenvalue weighted by molar-refractivity contribution is 6.34. The predicted octanol–water partition coefficient (Wildman–Crippen LogP) is 2.93. The Balaban J connectivity index is 2.22. The Labute approximate surface area is 119 Å². The second-order valence-electron chi connectivity index (χ2n) is 3.63. The van der Waals surface area contributed by atoms with Crippen LogP contribution in [0.2, 0.25) is 10.0 Å². The number of amides is 1. The highest BCUT2D eigenvalue weighted by atomic mass is 35.5. The minimum absolute atomic E-state index is 0.0899. The van der Waals surface area contributed by atoms with Crippen molar-refractivity contribution in [3.8, 4) is 0 Å². The maximum absolute atomic E-state index is 12.0. The quantitative estimate of drug-likeness (QED) is 0.601. The number of hydrogen-bond acceptors (Lipinski definition) is 4. The second kappa shape index (κ2) is 5.88. The number of carbonyl (C=O) groups is 1. The van der Waals surface area contributed by atoms with E-state index in [0.29, 0.717) is 16.5 Å². The summed E-state index contributed by atoms with van der Waals surface area (Å²) in [6.07, 6.45) is 0. The van der Waals surface area contributed by atoms with Crippen LogP contribution in [0.25, 0.3) is 0 Å². The molecule has 19 heavy (non-hydrogen) atoms. The average molecular weight is 297 g/mol. The van der Waals surface area contributed by atoms with Gasteiger partial charge in [-0.25, -0.2) is 10.8 Å². The van der Waals surface area contributed by atoms with Crippen LogP contribution in [-0.2, 0) is 0 Å². The van der Waals surface area contributed by atoms with Crippen molar-refractivity contribution in [3.63, 3.8) is 0 Å². The highest BCUT2D eigenvalue weighted by Crippen LogP contribution is 2.19. The van der Waals surface area contributed by atoms with E-state index in [4.69, 9.17) is 29.0 Å². The van der Waals surface area contributed by atoms with Gasteiger partial charge in [-0.1, -0.05) is 23.2 Å². The van der Waals surface area contributed by atoms with E-state index in [0.717, 1.165) is 0 Å². The van der Waals surface area contributed by atoms with Crippen molar-refractivity contribution in [3.05, 3.63) is 52.1 Å². The molecule has 2 aromatic rings. The molecule has 2 rings (SSSR count). The van der Waals surface area contributed by atoms with Gasteiger partial charge in [0.25, 0.3) is 5.91 Å². The normalized spacial score (nSPS) is 10.1. The van der Waals surface area contributed by atoms with E-state index in [1.54, 1.807) is 36.4 Å². The highest BCUT2D eigenvalue weighted by Gasteiger charge is 2.13. The van der Waals surface area contributed by atoms with Crippen molar-refractivity contribution >= 4 is 40.6 Å². The van der Waals surface area contributed by atoms with E-state index in [1.165, 1.54) is 0 Å². The van der Waals surface area contributed by atoms with Gasteiger partial charge in [-0.15, -0.1) is 0 Å². The number of nitrogens with zero attached hydrogens (tertiary/aromatic N) is 1. The smallest absolute Gasteiger partial charge is 0.275 e. The number of aromatic nitrogens is 1. The summed E-state index contributed by atoms with van der Waals surface area (Å²) >= 11 is 11.7. The van der Waals surface area contributed by atoms with Gasteiger partial charge < -0.3 is 10.7 Å². The van der Waals surface area contributed by atoms with Crippen LogP contribution in [0.3, 0.4) is 0 Å². The molecule has 4 N–H and O–H groups in total. The van der Waals surface area contributed by atoms with Crippen molar-refractivity contribution in [1.82, 2.24) is 4.98 Å². The van der Waals surface area contributed by atoms with Crippen molar-refractivity contribution in [1.29, 1.82) is 0 Å². The van der Waals surface area contributed by atoms with Crippen LogP contribution in [0.5, 0.6) is 0 Å². The topological polar surface area (TPSA) is 80.0 Å². The lowest BCUT2D eigenvalue weighted by Gasteiger charge is -2.07. The molecule has 0 atom stereocenters. The molecule has 0 bridgehead atoms. The fourth-order valence-electron chi connectivity index (χ4n) is 1.41. The van der Waals surface area contributed by atoms with Gasteiger partial charge >= 0.3 is 0 Å². The molecular weight excluding hydrogens is 287 g/mol. The first kappa shape index (κ1) is 13.6. The van der Waals surface area contributed by atoms with Gasteiger partial charge in [0.1, 0.15) is 11.5 Å². The van der Waals surface area contributed by atoms with Gasteiger partial charge in [0, 0.05) is 10.7 Å². The number of anilines is 2. The minimum Gasteiger partial charge on any atom is -0.321 e. The Morgan fingerprint density at radius 3 is 2.42 bits per heavy atom. The zero-order chi connectivity index (χ0) is 13.8. The SMILES string of the molecule is NNc1ccc(Cl)c(C(=O)Nc2ccc(Cl)cc2)n1. The van der Waals surface area contributed by atoms with Crippen molar-refractivity contribution in [2.75, 3.05) is 10.7 Å². The summed E-state index contributed by atoms with van der Waals surface area (Å²) in [7, 11) is 0. The molecule has 1 aromatic carbocycles. The Bertz CT molecular complexity index is 601. The van der Waals surface area contributed by atoms with Gasteiger partial charge in [0.05, 0.1) is 5.02 Å². The molecular formula is C12H10Cl2N4O. The molecule has 0 fully saturated rings. The number of hydrazine groups is 1. The number of carbonyl (C=O) groups excluding carboxylic acids is 1. The standard InChI is InChI=1S/C12H10Cl2N4O/c13-7-1-3-8(4-2-7)16-12(19)11-9(14)5-6-10(17-11)18-15/h1-6H,15H2,(H,16,19)(H,17,18). The Kier molecular flexibility index (Phi) is 4.21. The summed E-state index contributed by atoms with van der Waals surface area (Å²) in [6, 6.07) is 9.81. The molecule has 0 saturated carbocycles. The van der Waals surface area contributed by atoms with Crippen molar-refractivity contribution in [2.24, 2.45) is 5.84 Å². The molecule has 1 amide bonds. The van der Waals surface area contributed by atoms with Crippen LogP contribution in [0.15, 0.2) is 36.4 Å². The molecule has 0 spiro atoms. The average Bonchev–Trinajstić information content (AvgIpc) is 2.42.